The van der Waals surface area contributed by atoms with Crippen LogP contribution in [0.5, 0.6) is 5.75 Å². The van der Waals surface area contributed by atoms with Crippen LogP contribution in [-0.4, -0.2) is 24.5 Å². The number of rotatable bonds is 6. The van der Waals surface area contributed by atoms with Crippen molar-refractivity contribution in [3.8, 4) is 5.75 Å². The van der Waals surface area contributed by atoms with Gasteiger partial charge in [-0.05, 0) is 60.7 Å². The first-order valence-corrected chi connectivity index (χ1v) is 9.26. The zero-order valence-corrected chi connectivity index (χ0v) is 16.5. The second-order valence-corrected chi connectivity index (χ2v) is 6.90. The van der Waals surface area contributed by atoms with E-state index in [4.69, 9.17) is 16.3 Å². The summed E-state index contributed by atoms with van der Waals surface area (Å²) in [5, 5.41) is 4.42. The Morgan fingerprint density at radius 1 is 1.18 bits per heavy atom. The maximum Gasteiger partial charge on any atom is 0.251 e. The van der Waals surface area contributed by atoms with Gasteiger partial charge in [0.2, 0.25) is 5.91 Å². The normalized spacial score (nSPS) is 11.5. The lowest BCUT2D eigenvalue weighted by molar-refractivity contribution is -0.117. The molecule has 2 aromatic carbocycles. The van der Waals surface area contributed by atoms with E-state index in [1.54, 1.807) is 38.3 Å². The number of hydrogen-bond acceptors (Lipinski definition) is 3. The molecule has 0 radical (unpaired) electrons. The number of aromatic amines is 1. The summed E-state index contributed by atoms with van der Waals surface area (Å²) in [6, 6.07) is 14.6. The van der Waals surface area contributed by atoms with E-state index in [1.807, 2.05) is 30.3 Å². The van der Waals surface area contributed by atoms with E-state index in [0.717, 1.165) is 16.5 Å². The van der Waals surface area contributed by atoms with Crippen molar-refractivity contribution in [2.45, 2.75) is 13.3 Å². The Hall–Kier alpha value is -3.05. The van der Waals surface area contributed by atoms with Crippen molar-refractivity contribution >= 4 is 34.5 Å². The lowest BCUT2D eigenvalue weighted by atomic mass is 10.1. The van der Waals surface area contributed by atoms with Crippen molar-refractivity contribution in [1.82, 2.24) is 10.3 Å². The quantitative estimate of drug-likeness (QED) is 0.620. The van der Waals surface area contributed by atoms with Gasteiger partial charge in [0.1, 0.15) is 5.75 Å². The molecule has 5 nitrogen and oxygen atoms in total. The van der Waals surface area contributed by atoms with Gasteiger partial charge in [-0.2, -0.15) is 0 Å². The number of benzene rings is 2. The van der Waals surface area contributed by atoms with Gasteiger partial charge in [-0.1, -0.05) is 23.7 Å². The van der Waals surface area contributed by atoms with E-state index in [2.05, 4.69) is 10.3 Å². The first-order chi connectivity index (χ1) is 13.5. The van der Waals surface area contributed by atoms with Crippen molar-refractivity contribution < 1.29 is 9.53 Å². The molecule has 0 spiro atoms. The molecule has 0 bridgehead atoms. The van der Waals surface area contributed by atoms with Crippen LogP contribution in [0.1, 0.15) is 18.1 Å². The van der Waals surface area contributed by atoms with Gasteiger partial charge in [0.05, 0.1) is 12.6 Å². The molecule has 1 aromatic heterocycles. The van der Waals surface area contributed by atoms with Gasteiger partial charge in [-0.15, -0.1) is 0 Å². The third-order valence-corrected chi connectivity index (χ3v) is 4.67. The van der Waals surface area contributed by atoms with Gasteiger partial charge >= 0.3 is 0 Å². The number of ether oxygens (including phenoxy) is 1. The molecule has 0 aliphatic rings. The van der Waals surface area contributed by atoms with E-state index in [-0.39, 0.29) is 11.5 Å². The predicted octanol–water partition coefficient (Wildman–Crippen LogP) is 3.95. The molecule has 28 heavy (non-hydrogen) atoms. The SMILES string of the molecule is COc1ccc2cc(CCNC(=O)/C(C)=C/c3ccc(Cl)cc3)c(=O)[nH]c2c1. The van der Waals surface area contributed by atoms with Crippen LogP contribution in [0.15, 0.2) is 58.9 Å². The van der Waals surface area contributed by atoms with Crippen molar-refractivity contribution in [2.75, 3.05) is 13.7 Å². The lowest BCUT2D eigenvalue weighted by Gasteiger charge is -2.07. The molecule has 1 heterocycles. The third-order valence-electron chi connectivity index (χ3n) is 4.42. The standard InChI is InChI=1S/C22H21ClN2O3/c1-14(11-15-3-6-18(23)7-4-15)21(26)24-10-9-17-12-16-5-8-19(28-2)13-20(16)25-22(17)27/h3-8,11-13H,9-10H2,1-2H3,(H,24,26)(H,25,27)/b14-11+. The van der Waals surface area contributed by atoms with Crippen LogP contribution in [0.2, 0.25) is 5.02 Å². The minimum absolute atomic E-state index is 0.163. The van der Waals surface area contributed by atoms with E-state index < -0.39 is 0 Å². The molecule has 3 aromatic rings. The van der Waals surface area contributed by atoms with Gasteiger partial charge in [-0.3, -0.25) is 9.59 Å². The number of H-pyrrole nitrogens is 1. The smallest absolute Gasteiger partial charge is 0.251 e. The Morgan fingerprint density at radius 3 is 2.64 bits per heavy atom. The number of fused-ring (bicyclic) bond motifs is 1. The minimum Gasteiger partial charge on any atom is -0.497 e. The molecule has 1 amide bonds. The third kappa shape index (κ3) is 4.81. The van der Waals surface area contributed by atoms with Gasteiger partial charge in [-0.25, -0.2) is 0 Å². The second-order valence-electron chi connectivity index (χ2n) is 6.46. The van der Waals surface area contributed by atoms with Crippen LogP contribution >= 0.6 is 11.6 Å². The molecule has 2 N–H and O–H groups in total. The molecule has 0 unspecified atom stereocenters. The monoisotopic (exact) mass is 396 g/mol. The number of amides is 1. The van der Waals surface area contributed by atoms with Gasteiger partial charge in [0.25, 0.3) is 5.56 Å². The zero-order chi connectivity index (χ0) is 20.1. The number of aromatic nitrogens is 1. The van der Waals surface area contributed by atoms with Crippen LogP contribution < -0.4 is 15.6 Å². The summed E-state index contributed by atoms with van der Waals surface area (Å²) in [5.74, 6) is 0.517. The van der Waals surface area contributed by atoms with E-state index in [1.165, 1.54) is 0 Å². The van der Waals surface area contributed by atoms with Crippen LogP contribution in [0.3, 0.4) is 0 Å². The number of hydrogen-bond donors (Lipinski definition) is 2. The maximum absolute atomic E-state index is 12.3. The highest BCUT2D eigenvalue weighted by molar-refractivity contribution is 6.30. The Balaban J connectivity index is 1.64. The lowest BCUT2D eigenvalue weighted by Crippen LogP contribution is -2.28. The largest absolute Gasteiger partial charge is 0.497 e. The van der Waals surface area contributed by atoms with E-state index in [0.29, 0.717) is 34.9 Å². The first kappa shape index (κ1) is 19.7. The van der Waals surface area contributed by atoms with Crippen LogP contribution in [0.4, 0.5) is 0 Å². The summed E-state index contributed by atoms with van der Waals surface area (Å²) in [6.45, 7) is 2.12. The van der Waals surface area contributed by atoms with E-state index >= 15 is 0 Å². The fourth-order valence-electron chi connectivity index (χ4n) is 2.86. The average Bonchev–Trinajstić information content (AvgIpc) is 2.69. The molecule has 0 saturated carbocycles. The number of carbonyl (C=O) groups is 1. The molecule has 144 valence electrons. The van der Waals surface area contributed by atoms with Crippen LogP contribution in [0, 0.1) is 0 Å². The van der Waals surface area contributed by atoms with Gasteiger partial charge in [0, 0.05) is 28.8 Å². The van der Waals surface area contributed by atoms with Crippen LogP contribution in [-0.2, 0) is 11.2 Å². The molecule has 0 saturated heterocycles. The highest BCUT2D eigenvalue weighted by Crippen LogP contribution is 2.18. The number of nitrogens with one attached hydrogen (secondary N) is 2. The second kappa shape index (κ2) is 8.76. The summed E-state index contributed by atoms with van der Waals surface area (Å²) >= 11 is 5.87. The predicted molar refractivity (Wildman–Crippen MR) is 113 cm³/mol. The van der Waals surface area contributed by atoms with Crippen molar-refractivity contribution in [2.24, 2.45) is 0 Å². The molecule has 0 aliphatic carbocycles. The Labute approximate surface area is 168 Å². The molecule has 0 atom stereocenters. The fourth-order valence-corrected chi connectivity index (χ4v) is 2.99. The Bertz CT molecular complexity index is 1090. The number of methoxy groups -OCH3 is 1. The molecule has 6 heteroatoms. The first-order valence-electron chi connectivity index (χ1n) is 8.88. The topological polar surface area (TPSA) is 71.2 Å². The average molecular weight is 397 g/mol. The van der Waals surface area contributed by atoms with Gasteiger partial charge < -0.3 is 15.0 Å². The molecular formula is C22H21ClN2O3. The summed E-state index contributed by atoms with van der Waals surface area (Å²) in [5.41, 5.74) is 2.67. The summed E-state index contributed by atoms with van der Waals surface area (Å²) < 4.78 is 5.17. The number of pyridine rings is 1. The highest BCUT2D eigenvalue weighted by atomic mass is 35.5. The molecule has 0 aliphatic heterocycles. The van der Waals surface area contributed by atoms with E-state index in [9.17, 15) is 9.59 Å². The Kier molecular flexibility index (Phi) is 6.16. The molecular weight excluding hydrogens is 376 g/mol. The summed E-state index contributed by atoms with van der Waals surface area (Å²) in [4.78, 5) is 27.4. The molecule has 3 rings (SSSR count). The van der Waals surface area contributed by atoms with Crippen molar-refractivity contribution in [1.29, 1.82) is 0 Å². The summed E-state index contributed by atoms with van der Waals surface area (Å²) in [7, 11) is 1.58. The van der Waals surface area contributed by atoms with Crippen molar-refractivity contribution in [3.63, 3.8) is 0 Å². The minimum atomic E-state index is -0.170. The molecule has 0 fully saturated rings. The van der Waals surface area contributed by atoms with Gasteiger partial charge in [0.15, 0.2) is 0 Å². The zero-order valence-electron chi connectivity index (χ0n) is 15.7. The number of halogens is 1. The highest BCUT2D eigenvalue weighted by Gasteiger charge is 2.07. The number of carbonyl (C=O) groups excluding carboxylic acids is 1. The Morgan fingerprint density at radius 2 is 1.93 bits per heavy atom. The fraction of sp³-hybridized carbons (Fsp3) is 0.182. The van der Waals surface area contributed by atoms with Crippen LogP contribution in [0.25, 0.3) is 17.0 Å². The van der Waals surface area contributed by atoms with Crippen molar-refractivity contribution in [3.05, 3.63) is 80.6 Å². The summed E-state index contributed by atoms with van der Waals surface area (Å²) in [6.07, 6.45) is 2.24. The maximum atomic E-state index is 12.3.